The topological polar surface area (TPSA) is 129 Å². The summed E-state index contributed by atoms with van der Waals surface area (Å²) >= 11 is 11.4. The Bertz CT molecular complexity index is 1190. The summed E-state index contributed by atoms with van der Waals surface area (Å²) in [5.74, 6) is -1.16. The minimum absolute atomic E-state index is 0.0185. The van der Waals surface area contributed by atoms with Gasteiger partial charge >= 0.3 is 6.18 Å². The van der Waals surface area contributed by atoms with Gasteiger partial charge in [0.15, 0.2) is 5.69 Å². The van der Waals surface area contributed by atoms with Crippen molar-refractivity contribution in [3.05, 3.63) is 64.0 Å². The van der Waals surface area contributed by atoms with E-state index in [1.165, 1.54) is 0 Å². The first-order chi connectivity index (χ1) is 14.8. The summed E-state index contributed by atoms with van der Waals surface area (Å²) in [5, 5.41) is 7.15. The van der Waals surface area contributed by atoms with Crippen LogP contribution in [0.1, 0.15) is 23.0 Å². The van der Waals surface area contributed by atoms with Crippen molar-refractivity contribution >= 4 is 50.7 Å². The molecule has 8 nitrogen and oxygen atoms in total. The molecule has 172 valence electrons. The van der Waals surface area contributed by atoms with E-state index >= 15 is 0 Å². The maximum Gasteiger partial charge on any atom is 0.417 e. The molecule has 1 aromatic carbocycles. The SMILES string of the molecule is CCN(C(=N)/C=C\N)C(=O)c1ncc(Cl)cc1NS(=O)(=O)c1ccc(Cl)c(C(F)(F)F)c1. The number of carbonyl (C=O) groups excluding carboxylic acids is 1. The molecule has 2 aromatic rings. The molecule has 32 heavy (non-hydrogen) atoms. The Hall–Kier alpha value is -2.83. The van der Waals surface area contributed by atoms with E-state index in [4.69, 9.17) is 34.3 Å². The molecule has 2 rings (SSSR count). The molecule has 14 heteroatoms. The Balaban J connectivity index is 2.53. The highest BCUT2D eigenvalue weighted by Gasteiger charge is 2.35. The lowest BCUT2D eigenvalue weighted by molar-refractivity contribution is -0.137. The monoisotopic (exact) mass is 509 g/mol. The number of amidine groups is 1. The van der Waals surface area contributed by atoms with Crippen LogP contribution in [0.4, 0.5) is 18.9 Å². The summed E-state index contributed by atoms with van der Waals surface area (Å²) < 4.78 is 66.9. The lowest BCUT2D eigenvalue weighted by Crippen LogP contribution is -2.36. The zero-order chi connectivity index (χ0) is 24.3. The summed E-state index contributed by atoms with van der Waals surface area (Å²) in [6.07, 6.45) is -1.64. The zero-order valence-electron chi connectivity index (χ0n) is 16.2. The van der Waals surface area contributed by atoms with E-state index in [1.54, 1.807) is 6.92 Å². The number of benzene rings is 1. The molecule has 0 aliphatic heterocycles. The van der Waals surface area contributed by atoms with Gasteiger partial charge in [-0.1, -0.05) is 23.2 Å². The molecule has 0 fully saturated rings. The highest BCUT2D eigenvalue weighted by Crippen LogP contribution is 2.36. The second kappa shape index (κ2) is 9.76. The predicted molar refractivity (Wildman–Crippen MR) is 114 cm³/mol. The zero-order valence-corrected chi connectivity index (χ0v) is 18.6. The smallest absolute Gasteiger partial charge is 0.404 e. The third-order valence-electron chi connectivity index (χ3n) is 3.96. The number of hydrogen-bond acceptors (Lipinski definition) is 6. The highest BCUT2D eigenvalue weighted by molar-refractivity contribution is 7.92. The number of nitrogens with two attached hydrogens (primary N) is 1. The molecule has 0 bridgehead atoms. The van der Waals surface area contributed by atoms with E-state index in [1.807, 2.05) is 4.72 Å². The average molecular weight is 510 g/mol. The summed E-state index contributed by atoms with van der Waals surface area (Å²) in [7, 11) is -4.61. The van der Waals surface area contributed by atoms with Crippen molar-refractivity contribution in [1.29, 1.82) is 5.41 Å². The van der Waals surface area contributed by atoms with Gasteiger partial charge in [0, 0.05) is 12.7 Å². The van der Waals surface area contributed by atoms with Gasteiger partial charge in [0.25, 0.3) is 15.9 Å². The normalized spacial score (nSPS) is 12.1. The molecule has 0 radical (unpaired) electrons. The minimum atomic E-state index is -4.89. The maximum absolute atomic E-state index is 13.1. The number of aromatic nitrogens is 1. The first-order valence-corrected chi connectivity index (χ1v) is 10.9. The van der Waals surface area contributed by atoms with Gasteiger partial charge < -0.3 is 5.73 Å². The molecule has 0 atom stereocenters. The van der Waals surface area contributed by atoms with Crippen LogP contribution in [0.2, 0.25) is 10.0 Å². The lowest BCUT2D eigenvalue weighted by Gasteiger charge is -2.21. The van der Waals surface area contributed by atoms with Crippen LogP contribution in [-0.2, 0) is 16.2 Å². The van der Waals surface area contributed by atoms with Crippen molar-refractivity contribution < 1.29 is 26.4 Å². The first-order valence-electron chi connectivity index (χ1n) is 8.65. The van der Waals surface area contributed by atoms with Gasteiger partial charge in [0.1, 0.15) is 5.84 Å². The number of hydrogen-bond donors (Lipinski definition) is 3. The molecule has 0 saturated heterocycles. The van der Waals surface area contributed by atoms with Crippen LogP contribution >= 0.6 is 23.2 Å². The number of alkyl halides is 3. The standard InChI is InChI=1S/C18H16Cl2F3N5O3S/c1-2-28(15(25)5-6-24)17(29)16-14(7-10(19)9-26-16)27-32(30,31)11-3-4-13(20)12(8-11)18(21,22)23/h3-9,25,27H,2,24H2,1H3/b6-5-,25-15?. The van der Waals surface area contributed by atoms with Crippen molar-refractivity contribution in [2.45, 2.75) is 18.0 Å². The fourth-order valence-electron chi connectivity index (χ4n) is 2.51. The number of carbonyl (C=O) groups is 1. The van der Waals surface area contributed by atoms with Gasteiger partial charge in [0.05, 0.1) is 26.2 Å². The van der Waals surface area contributed by atoms with Crippen LogP contribution in [0.3, 0.4) is 0 Å². The minimum Gasteiger partial charge on any atom is -0.404 e. The number of nitrogens with one attached hydrogen (secondary N) is 2. The van der Waals surface area contributed by atoms with Crippen LogP contribution in [0, 0.1) is 5.41 Å². The third-order valence-corrected chi connectivity index (χ3v) is 5.86. The average Bonchev–Trinajstić information content (AvgIpc) is 2.67. The van der Waals surface area contributed by atoms with Crippen LogP contribution in [0.15, 0.2) is 47.6 Å². The summed E-state index contributed by atoms with van der Waals surface area (Å²) in [5.41, 5.74) is 3.07. The third kappa shape index (κ3) is 5.69. The Morgan fingerprint density at radius 1 is 1.31 bits per heavy atom. The fraction of sp³-hybridized carbons (Fsp3) is 0.167. The van der Waals surface area contributed by atoms with Gasteiger partial charge in [-0.15, -0.1) is 0 Å². The molecule has 0 saturated carbocycles. The van der Waals surface area contributed by atoms with E-state index in [-0.39, 0.29) is 17.4 Å². The van der Waals surface area contributed by atoms with Crippen LogP contribution in [0.5, 0.6) is 0 Å². The highest BCUT2D eigenvalue weighted by atomic mass is 35.5. The first kappa shape index (κ1) is 25.4. The number of halogens is 5. The number of amides is 1. The van der Waals surface area contributed by atoms with E-state index in [9.17, 15) is 26.4 Å². The Morgan fingerprint density at radius 3 is 2.53 bits per heavy atom. The van der Waals surface area contributed by atoms with Crippen molar-refractivity contribution in [3.63, 3.8) is 0 Å². The summed E-state index contributed by atoms with van der Waals surface area (Å²) in [6, 6.07) is 3.10. The van der Waals surface area contributed by atoms with Crippen LogP contribution < -0.4 is 10.5 Å². The molecule has 1 amide bonds. The molecular formula is C18H16Cl2F3N5O3S. The van der Waals surface area contributed by atoms with Gasteiger partial charge in [-0.3, -0.25) is 19.8 Å². The van der Waals surface area contributed by atoms with E-state index < -0.39 is 49.0 Å². The number of pyridine rings is 1. The van der Waals surface area contributed by atoms with E-state index in [0.29, 0.717) is 6.07 Å². The van der Waals surface area contributed by atoms with E-state index in [0.717, 1.165) is 41.6 Å². The Kier molecular flexibility index (Phi) is 7.75. The molecule has 0 aliphatic carbocycles. The molecule has 1 aromatic heterocycles. The second-order valence-corrected chi connectivity index (χ2v) is 8.61. The number of anilines is 1. The van der Waals surface area contributed by atoms with E-state index in [2.05, 4.69) is 4.98 Å². The number of sulfonamides is 1. The van der Waals surface area contributed by atoms with Gasteiger partial charge in [-0.25, -0.2) is 13.4 Å². The van der Waals surface area contributed by atoms with Crippen LogP contribution in [0.25, 0.3) is 0 Å². The van der Waals surface area contributed by atoms with Crippen molar-refractivity contribution in [3.8, 4) is 0 Å². The van der Waals surface area contributed by atoms with Gasteiger partial charge in [-0.2, -0.15) is 13.2 Å². The van der Waals surface area contributed by atoms with Crippen LogP contribution in [-0.4, -0.2) is 36.6 Å². The molecule has 0 spiro atoms. The van der Waals surface area contributed by atoms with Crippen molar-refractivity contribution in [1.82, 2.24) is 9.88 Å². The molecular weight excluding hydrogens is 494 g/mol. The lowest BCUT2D eigenvalue weighted by atomic mass is 10.2. The molecule has 1 heterocycles. The van der Waals surface area contributed by atoms with Crippen molar-refractivity contribution in [2.24, 2.45) is 5.73 Å². The predicted octanol–water partition coefficient (Wildman–Crippen LogP) is 4.12. The Labute approximate surface area is 191 Å². The Morgan fingerprint density at radius 2 is 1.97 bits per heavy atom. The summed E-state index contributed by atoms with van der Waals surface area (Å²) in [4.78, 5) is 16.9. The maximum atomic E-state index is 13.1. The van der Waals surface area contributed by atoms with Crippen molar-refractivity contribution in [2.75, 3.05) is 11.3 Å². The number of likely N-dealkylation sites (N-methyl/N-ethyl adjacent to an activating group) is 1. The quantitative estimate of drug-likeness (QED) is 0.398. The van der Waals surface area contributed by atoms with Gasteiger partial charge in [-0.05, 0) is 43.5 Å². The number of rotatable bonds is 6. The summed E-state index contributed by atoms with van der Waals surface area (Å²) in [6.45, 7) is 1.58. The van der Waals surface area contributed by atoms with Gasteiger partial charge in [0.2, 0.25) is 0 Å². The fourth-order valence-corrected chi connectivity index (χ4v) is 3.98. The number of nitrogens with zero attached hydrogens (tertiary/aromatic N) is 2. The largest absolute Gasteiger partial charge is 0.417 e. The molecule has 0 unspecified atom stereocenters. The second-order valence-electron chi connectivity index (χ2n) is 6.09. The molecule has 4 N–H and O–H groups in total. The molecule has 0 aliphatic rings.